The van der Waals surface area contributed by atoms with E-state index in [1.54, 1.807) is 0 Å². The summed E-state index contributed by atoms with van der Waals surface area (Å²) in [7, 11) is 2.02. The molecule has 6 nitrogen and oxygen atoms in total. The molecule has 2 aliphatic heterocycles. The highest BCUT2D eigenvalue weighted by atomic mass is 16.5. The number of hydrogen-bond donors (Lipinski definition) is 1. The van der Waals surface area contributed by atoms with Crippen LogP contribution in [0.2, 0.25) is 0 Å². The molecule has 134 valence electrons. The van der Waals surface area contributed by atoms with Crippen molar-refractivity contribution in [2.24, 2.45) is 24.6 Å². The number of primary amides is 1. The van der Waals surface area contributed by atoms with E-state index in [0.29, 0.717) is 12.5 Å². The molecule has 1 amide bonds. The maximum absolute atomic E-state index is 11.6. The summed E-state index contributed by atoms with van der Waals surface area (Å²) in [5, 5.41) is 0. The van der Waals surface area contributed by atoms with Crippen molar-refractivity contribution in [3.05, 3.63) is 30.1 Å². The lowest BCUT2D eigenvalue weighted by Gasteiger charge is -2.35. The molecule has 2 fully saturated rings. The smallest absolute Gasteiger partial charge is 0.223 e. The molecule has 2 atom stereocenters. The molecule has 3 heterocycles. The number of carbonyl (C=O) groups is 1. The number of hydrogen-bond acceptors (Lipinski definition) is 4. The number of ether oxygens (including phenoxy) is 1. The Balaban J connectivity index is 1.36. The number of nitrogens with two attached hydrogens (primary N) is 1. The van der Waals surface area contributed by atoms with Crippen molar-refractivity contribution in [2.45, 2.75) is 31.9 Å². The average molecular weight is 342 g/mol. The minimum atomic E-state index is -0.200. The normalized spacial score (nSPS) is 25.6. The van der Waals surface area contributed by atoms with Gasteiger partial charge in [-0.15, -0.1) is 0 Å². The summed E-state index contributed by atoms with van der Waals surface area (Å²) in [5.41, 5.74) is 9.06. The van der Waals surface area contributed by atoms with Crippen molar-refractivity contribution in [1.29, 1.82) is 0 Å². The molecule has 6 heteroatoms. The van der Waals surface area contributed by atoms with Crippen molar-refractivity contribution in [2.75, 3.05) is 19.7 Å². The standard InChI is InChI=1S/C19H26N4O2/c1-22-12-21-16-10-13(2-3-17(16)22)11-23-7-4-14(5-8-23)18-15(19(20)24)6-9-25-18/h2-3,10,12,14-15,18H,4-9,11H2,1H3,(H2,20,24)/t15-,18+/m0/s1. The van der Waals surface area contributed by atoms with Gasteiger partial charge in [0.2, 0.25) is 5.91 Å². The minimum absolute atomic E-state index is 0.0320. The number of imidazole rings is 1. The van der Waals surface area contributed by atoms with Gasteiger partial charge in [0.15, 0.2) is 0 Å². The van der Waals surface area contributed by atoms with Gasteiger partial charge in [-0.3, -0.25) is 9.69 Å². The number of fused-ring (bicyclic) bond motifs is 1. The van der Waals surface area contributed by atoms with Crippen LogP contribution in [-0.4, -0.2) is 46.2 Å². The van der Waals surface area contributed by atoms with Crippen LogP contribution in [0.3, 0.4) is 0 Å². The van der Waals surface area contributed by atoms with Crippen LogP contribution in [0.15, 0.2) is 24.5 Å². The largest absolute Gasteiger partial charge is 0.377 e. The average Bonchev–Trinajstić information content (AvgIpc) is 3.23. The third-order valence-corrected chi connectivity index (χ3v) is 5.79. The van der Waals surface area contributed by atoms with Crippen molar-refractivity contribution < 1.29 is 9.53 Å². The lowest BCUT2D eigenvalue weighted by Crippen LogP contribution is -2.41. The van der Waals surface area contributed by atoms with Gasteiger partial charge in [0.25, 0.3) is 0 Å². The molecule has 1 aromatic heterocycles. The van der Waals surface area contributed by atoms with Crippen molar-refractivity contribution in [3.8, 4) is 0 Å². The van der Waals surface area contributed by atoms with Crippen molar-refractivity contribution in [3.63, 3.8) is 0 Å². The van der Waals surface area contributed by atoms with Gasteiger partial charge in [-0.25, -0.2) is 4.98 Å². The SMILES string of the molecule is Cn1cnc2cc(CN3CCC([C@H]4OCC[C@@H]4C(N)=O)CC3)ccc21. The Bertz CT molecular complexity index is 764. The molecule has 2 aromatic rings. The Hall–Kier alpha value is -1.92. The van der Waals surface area contributed by atoms with Gasteiger partial charge >= 0.3 is 0 Å². The number of piperidine rings is 1. The Morgan fingerprint density at radius 1 is 1.32 bits per heavy atom. The molecule has 4 rings (SSSR count). The molecule has 2 N–H and O–H groups in total. The fourth-order valence-corrected chi connectivity index (χ4v) is 4.36. The van der Waals surface area contributed by atoms with Gasteiger partial charge in [-0.05, 0) is 56.0 Å². The molecule has 0 spiro atoms. The lowest BCUT2D eigenvalue weighted by molar-refractivity contribution is -0.124. The van der Waals surface area contributed by atoms with Crippen LogP contribution in [0, 0.1) is 11.8 Å². The number of rotatable bonds is 4. The van der Waals surface area contributed by atoms with E-state index in [9.17, 15) is 4.79 Å². The topological polar surface area (TPSA) is 73.4 Å². The summed E-state index contributed by atoms with van der Waals surface area (Å²) in [6.45, 7) is 3.69. The van der Waals surface area contributed by atoms with Crippen LogP contribution < -0.4 is 5.73 Å². The van der Waals surface area contributed by atoms with Crippen LogP contribution in [-0.2, 0) is 23.1 Å². The molecule has 0 aliphatic carbocycles. The molecule has 2 aliphatic rings. The first-order valence-electron chi connectivity index (χ1n) is 9.15. The predicted octanol–water partition coefficient (Wildman–Crippen LogP) is 1.68. The molecule has 0 saturated carbocycles. The maximum Gasteiger partial charge on any atom is 0.223 e. The second kappa shape index (κ2) is 6.77. The highest BCUT2D eigenvalue weighted by Crippen LogP contribution is 2.33. The first-order valence-corrected chi connectivity index (χ1v) is 9.15. The lowest BCUT2D eigenvalue weighted by atomic mass is 9.84. The van der Waals surface area contributed by atoms with Gasteiger partial charge in [0.1, 0.15) is 0 Å². The van der Waals surface area contributed by atoms with E-state index in [2.05, 4.69) is 28.1 Å². The zero-order valence-electron chi connectivity index (χ0n) is 14.7. The number of nitrogens with zero attached hydrogens (tertiary/aromatic N) is 3. The highest BCUT2D eigenvalue weighted by molar-refractivity contribution is 5.77. The summed E-state index contributed by atoms with van der Waals surface area (Å²) in [6, 6.07) is 6.53. The van der Waals surface area contributed by atoms with Crippen molar-refractivity contribution >= 4 is 16.9 Å². The molecular weight excluding hydrogens is 316 g/mol. The number of likely N-dealkylation sites (tertiary alicyclic amines) is 1. The van der Waals surface area contributed by atoms with Crippen LogP contribution in [0.5, 0.6) is 0 Å². The number of aromatic nitrogens is 2. The van der Waals surface area contributed by atoms with E-state index >= 15 is 0 Å². The molecule has 0 radical (unpaired) electrons. The first kappa shape index (κ1) is 16.5. The van der Waals surface area contributed by atoms with E-state index < -0.39 is 0 Å². The number of benzene rings is 1. The third kappa shape index (κ3) is 3.28. The summed E-state index contributed by atoms with van der Waals surface area (Å²) >= 11 is 0. The number of amides is 1. The van der Waals surface area contributed by atoms with E-state index in [-0.39, 0.29) is 17.9 Å². The minimum Gasteiger partial charge on any atom is -0.377 e. The molecule has 2 saturated heterocycles. The summed E-state index contributed by atoms with van der Waals surface area (Å²) < 4.78 is 7.88. The second-order valence-corrected chi connectivity index (χ2v) is 7.43. The van der Waals surface area contributed by atoms with Gasteiger partial charge in [-0.2, -0.15) is 0 Å². The fourth-order valence-electron chi connectivity index (χ4n) is 4.36. The predicted molar refractivity (Wildman–Crippen MR) is 95.8 cm³/mol. The molecule has 25 heavy (non-hydrogen) atoms. The Morgan fingerprint density at radius 3 is 2.88 bits per heavy atom. The number of aryl methyl sites for hydroxylation is 1. The fraction of sp³-hybridized carbons (Fsp3) is 0.579. The second-order valence-electron chi connectivity index (χ2n) is 7.43. The highest BCUT2D eigenvalue weighted by Gasteiger charge is 2.39. The van der Waals surface area contributed by atoms with E-state index in [1.165, 1.54) is 11.1 Å². The zero-order valence-corrected chi connectivity index (χ0v) is 14.7. The van der Waals surface area contributed by atoms with Crippen LogP contribution in [0.25, 0.3) is 11.0 Å². The van der Waals surface area contributed by atoms with Crippen LogP contribution in [0.4, 0.5) is 0 Å². The summed E-state index contributed by atoms with van der Waals surface area (Å²) in [5.74, 6) is 0.159. The van der Waals surface area contributed by atoms with E-state index in [1.807, 2.05) is 17.9 Å². The third-order valence-electron chi connectivity index (χ3n) is 5.79. The Morgan fingerprint density at radius 2 is 2.12 bits per heavy atom. The van der Waals surface area contributed by atoms with Gasteiger partial charge < -0.3 is 15.0 Å². The van der Waals surface area contributed by atoms with Crippen LogP contribution >= 0.6 is 0 Å². The Labute approximate surface area is 147 Å². The Kier molecular flexibility index (Phi) is 4.48. The summed E-state index contributed by atoms with van der Waals surface area (Å²) in [4.78, 5) is 18.5. The van der Waals surface area contributed by atoms with Gasteiger partial charge in [-0.1, -0.05) is 6.07 Å². The molecular formula is C19H26N4O2. The first-order chi connectivity index (χ1) is 12.1. The molecule has 0 bridgehead atoms. The quantitative estimate of drug-likeness (QED) is 0.917. The molecule has 0 unspecified atom stereocenters. The summed E-state index contributed by atoms with van der Waals surface area (Å²) in [6.07, 6.45) is 4.81. The van der Waals surface area contributed by atoms with E-state index in [0.717, 1.165) is 44.4 Å². The van der Waals surface area contributed by atoms with Crippen molar-refractivity contribution in [1.82, 2.24) is 14.5 Å². The molecule has 1 aromatic carbocycles. The maximum atomic E-state index is 11.6. The van der Waals surface area contributed by atoms with Crippen LogP contribution in [0.1, 0.15) is 24.8 Å². The number of carbonyl (C=O) groups excluding carboxylic acids is 1. The van der Waals surface area contributed by atoms with Gasteiger partial charge in [0, 0.05) is 20.2 Å². The zero-order chi connectivity index (χ0) is 17.4. The van der Waals surface area contributed by atoms with Gasteiger partial charge in [0.05, 0.1) is 29.4 Å². The monoisotopic (exact) mass is 342 g/mol. The van der Waals surface area contributed by atoms with E-state index in [4.69, 9.17) is 10.5 Å².